The first-order valence-corrected chi connectivity index (χ1v) is 8.69. The van der Waals surface area contributed by atoms with Crippen molar-refractivity contribution in [1.82, 2.24) is 0 Å². The molecule has 21 heavy (non-hydrogen) atoms. The maximum absolute atomic E-state index is 14.2. The van der Waals surface area contributed by atoms with Crippen LogP contribution in [0.4, 0.5) is 8.78 Å². The van der Waals surface area contributed by atoms with E-state index in [0.29, 0.717) is 0 Å². The minimum Gasteiger partial charge on any atom is -0.319 e. The predicted octanol–water partition coefficient (Wildman–Crippen LogP) is 5.11. The predicted molar refractivity (Wildman–Crippen MR) is 85.7 cm³/mol. The Kier molecular flexibility index (Phi) is 4.43. The Morgan fingerprint density at radius 3 is 2.71 bits per heavy atom. The minimum absolute atomic E-state index is 0.0548. The van der Waals surface area contributed by atoms with Gasteiger partial charge in [-0.25, -0.2) is 8.78 Å². The van der Waals surface area contributed by atoms with Gasteiger partial charge in [0.1, 0.15) is 11.6 Å². The van der Waals surface area contributed by atoms with Gasteiger partial charge in [-0.2, -0.15) is 0 Å². The average molecular weight is 372 g/mol. The number of thiophene rings is 1. The van der Waals surface area contributed by atoms with Crippen molar-refractivity contribution in [2.75, 3.05) is 0 Å². The first-order valence-electron chi connectivity index (χ1n) is 7.08. The Hall–Kier alpha value is -0.780. The van der Waals surface area contributed by atoms with Crippen LogP contribution < -0.4 is 5.73 Å². The van der Waals surface area contributed by atoms with Gasteiger partial charge in [0.25, 0.3) is 0 Å². The van der Waals surface area contributed by atoms with Crippen molar-refractivity contribution in [3.8, 4) is 0 Å². The smallest absolute Gasteiger partial charge is 0.145 e. The number of aryl methyl sites for hydroxylation is 2. The Morgan fingerprint density at radius 1 is 1.14 bits per heavy atom. The molecule has 1 aliphatic rings. The van der Waals surface area contributed by atoms with E-state index >= 15 is 0 Å². The maximum Gasteiger partial charge on any atom is 0.145 e. The average Bonchev–Trinajstić information content (AvgIpc) is 2.74. The van der Waals surface area contributed by atoms with Gasteiger partial charge in [-0.15, -0.1) is 11.3 Å². The van der Waals surface area contributed by atoms with Crippen LogP contribution >= 0.6 is 27.3 Å². The number of hydrogen-bond donors (Lipinski definition) is 1. The van der Waals surface area contributed by atoms with Crippen LogP contribution in [0, 0.1) is 11.6 Å². The van der Waals surface area contributed by atoms with E-state index in [1.807, 2.05) is 6.07 Å². The monoisotopic (exact) mass is 371 g/mol. The first kappa shape index (κ1) is 15.1. The van der Waals surface area contributed by atoms with E-state index in [1.54, 1.807) is 11.3 Å². The summed E-state index contributed by atoms with van der Waals surface area (Å²) in [7, 11) is 0. The van der Waals surface area contributed by atoms with Crippen molar-refractivity contribution < 1.29 is 8.78 Å². The number of benzene rings is 1. The van der Waals surface area contributed by atoms with E-state index < -0.39 is 17.7 Å². The molecule has 0 bridgehead atoms. The Balaban J connectivity index is 1.99. The molecule has 1 atom stereocenters. The summed E-state index contributed by atoms with van der Waals surface area (Å²) in [5, 5.41) is 0. The van der Waals surface area contributed by atoms with Crippen LogP contribution in [0.25, 0.3) is 0 Å². The lowest BCUT2D eigenvalue weighted by atomic mass is 10.0. The lowest BCUT2D eigenvalue weighted by molar-refractivity contribution is 0.541. The Bertz CT molecular complexity index is 645. The van der Waals surface area contributed by atoms with E-state index in [1.165, 1.54) is 41.8 Å². The Morgan fingerprint density at radius 2 is 1.90 bits per heavy atom. The summed E-state index contributed by atoms with van der Waals surface area (Å²) < 4.78 is 28.4. The van der Waals surface area contributed by atoms with E-state index in [-0.39, 0.29) is 10.0 Å². The van der Waals surface area contributed by atoms with Gasteiger partial charge in [-0.1, -0.05) is 6.42 Å². The van der Waals surface area contributed by atoms with Crippen molar-refractivity contribution in [2.45, 2.75) is 38.1 Å². The number of nitrogens with two attached hydrogens (primary N) is 1. The highest BCUT2D eigenvalue weighted by atomic mass is 79.9. The molecule has 1 nitrogen and oxygen atoms in total. The van der Waals surface area contributed by atoms with Crippen LogP contribution in [0.3, 0.4) is 0 Å². The number of fused-ring (bicyclic) bond motifs is 1. The van der Waals surface area contributed by atoms with Gasteiger partial charge in [0.05, 0.1) is 10.5 Å². The van der Waals surface area contributed by atoms with E-state index in [9.17, 15) is 8.78 Å². The molecule has 0 spiro atoms. The molecule has 1 aromatic carbocycles. The minimum atomic E-state index is -0.751. The van der Waals surface area contributed by atoms with Crippen molar-refractivity contribution in [3.05, 3.63) is 55.2 Å². The molecule has 1 aliphatic carbocycles. The summed E-state index contributed by atoms with van der Waals surface area (Å²) in [6.07, 6.45) is 5.70. The summed E-state index contributed by atoms with van der Waals surface area (Å²) in [4.78, 5) is 2.17. The van der Waals surface area contributed by atoms with Gasteiger partial charge in [0.2, 0.25) is 0 Å². The van der Waals surface area contributed by atoms with Gasteiger partial charge >= 0.3 is 0 Å². The molecule has 3 rings (SSSR count). The lowest BCUT2D eigenvalue weighted by Crippen LogP contribution is -2.14. The summed E-state index contributed by atoms with van der Waals surface area (Å²) >= 11 is 4.70. The van der Waals surface area contributed by atoms with Gasteiger partial charge in [-0.05, 0) is 65.4 Å². The summed E-state index contributed by atoms with van der Waals surface area (Å²) in [6.45, 7) is 0. The van der Waals surface area contributed by atoms with Crippen LogP contribution in [0.2, 0.25) is 0 Å². The summed E-state index contributed by atoms with van der Waals surface area (Å²) in [5.74, 6) is -1.20. The zero-order valence-corrected chi connectivity index (χ0v) is 13.9. The molecule has 1 heterocycles. The van der Waals surface area contributed by atoms with E-state index in [2.05, 4.69) is 15.9 Å². The molecule has 2 N–H and O–H groups in total. The highest BCUT2D eigenvalue weighted by Gasteiger charge is 2.23. The molecule has 0 saturated carbocycles. The second-order valence-corrected chi connectivity index (χ2v) is 7.42. The van der Waals surface area contributed by atoms with Crippen molar-refractivity contribution >= 4 is 27.3 Å². The highest BCUT2D eigenvalue weighted by molar-refractivity contribution is 9.10. The topological polar surface area (TPSA) is 26.0 Å². The zero-order valence-electron chi connectivity index (χ0n) is 11.5. The fourth-order valence-corrected chi connectivity index (χ4v) is 4.43. The van der Waals surface area contributed by atoms with Crippen molar-refractivity contribution in [3.63, 3.8) is 0 Å². The quantitative estimate of drug-likeness (QED) is 0.576. The van der Waals surface area contributed by atoms with Gasteiger partial charge in [0, 0.05) is 15.3 Å². The molecule has 0 amide bonds. The van der Waals surface area contributed by atoms with Gasteiger partial charge in [0.15, 0.2) is 0 Å². The van der Waals surface area contributed by atoms with Crippen LogP contribution in [0.1, 0.15) is 46.2 Å². The maximum atomic E-state index is 14.2. The van der Waals surface area contributed by atoms with Crippen LogP contribution in [0.5, 0.6) is 0 Å². The molecule has 2 aromatic rings. The number of rotatable bonds is 2. The number of halogens is 3. The SMILES string of the molecule is NC(c1cc2c(s1)CCCCC2)c1c(F)ccc(Br)c1F. The lowest BCUT2D eigenvalue weighted by Gasteiger charge is -2.13. The van der Waals surface area contributed by atoms with Gasteiger partial charge in [-0.3, -0.25) is 0 Å². The number of hydrogen-bond acceptors (Lipinski definition) is 2. The molecule has 0 radical (unpaired) electrons. The van der Waals surface area contributed by atoms with E-state index in [4.69, 9.17) is 5.73 Å². The standard InChI is InChI=1S/C16H16BrF2NS/c17-10-6-7-11(18)14(15(10)19)16(20)13-8-9-4-2-1-3-5-12(9)21-13/h6-8,16H,1-5,20H2. The van der Waals surface area contributed by atoms with Gasteiger partial charge < -0.3 is 5.73 Å². The Labute approximate surface area is 135 Å². The van der Waals surface area contributed by atoms with Crippen LogP contribution in [0.15, 0.2) is 22.7 Å². The first-order chi connectivity index (χ1) is 10.1. The largest absolute Gasteiger partial charge is 0.319 e. The molecule has 0 aliphatic heterocycles. The van der Waals surface area contributed by atoms with Crippen LogP contribution in [-0.4, -0.2) is 0 Å². The molecule has 1 aromatic heterocycles. The van der Waals surface area contributed by atoms with Crippen LogP contribution in [-0.2, 0) is 12.8 Å². The molecule has 0 saturated heterocycles. The zero-order chi connectivity index (χ0) is 15.0. The molecular weight excluding hydrogens is 356 g/mol. The summed E-state index contributed by atoms with van der Waals surface area (Å²) in [5.41, 5.74) is 7.40. The fraction of sp³-hybridized carbons (Fsp3) is 0.375. The van der Waals surface area contributed by atoms with Crippen molar-refractivity contribution in [1.29, 1.82) is 0 Å². The molecule has 0 fully saturated rings. The molecular formula is C16H16BrF2NS. The fourth-order valence-electron chi connectivity index (χ4n) is 2.81. The second-order valence-electron chi connectivity index (χ2n) is 5.39. The second kappa shape index (κ2) is 6.15. The highest BCUT2D eigenvalue weighted by Crippen LogP contribution is 2.36. The third-order valence-corrected chi connectivity index (χ3v) is 5.90. The summed E-state index contributed by atoms with van der Waals surface area (Å²) in [6, 6.07) is 3.90. The molecule has 1 unspecified atom stereocenters. The molecule has 5 heteroatoms. The molecule has 112 valence electrons. The van der Waals surface area contributed by atoms with Crippen molar-refractivity contribution in [2.24, 2.45) is 5.73 Å². The third-order valence-electron chi connectivity index (χ3n) is 3.96. The third kappa shape index (κ3) is 2.91. The van der Waals surface area contributed by atoms with E-state index in [0.717, 1.165) is 17.7 Å². The normalized spacial score (nSPS) is 16.4.